The molecule has 1 N–H and O–H groups in total. The summed E-state index contributed by atoms with van der Waals surface area (Å²) < 4.78 is 5.54. The molecule has 0 spiro atoms. The van der Waals surface area contributed by atoms with Crippen molar-refractivity contribution in [3.63, 3.8) is 0 Å². The van der Waals surface area contributed by atoms with E-state index in [0.717, 1.165) is 35.4 Å². The Labute approximate surface area is 194 Å². The third kappa shape index (κ3) is 5.80. The van der Waals surface area contributed by atoms with Gasteiger partial charge in [-0.25, -0.2) is 0 Å². The first-order chi connectivity index (χ1) is 14.4. The number of halogens is 1. The topological polar surface area (TPSA) is 102 Å². The molecule has 168 valence electrons. The molecule has 0 radical (unpaired) electrons. The van der Waals surface area contributed by atoms with Crippen molar-refractivity contribution in [2.75, 3.05) is 11.9 Å². The van der Waals surface area contributed by atoms with E-state index in [4.69, 9.17) is 4.74 Å². The number of nitrogens with one attached hydrogen (secondary N) is 1. The average Bonchev–Trinajstić information content (AvgIpc) is 2.94. The molecule has 1 aliphatic rings. The molecule has 2 aromatic rings. The van der Waals surface area contributed by atoms with Crippen molar-refractivity contribution in [3.05, 3.63) is 33.6 Å². The highest BCUT2D eigenvalue weighted by molar-refractivity contribution is 9.10. The first-order valence-electron chi connectivity index (χ1n) is 10.1. The lowest BCUT2D eigenvalue weighted by atomic mass is 9.63. The van der Waals surface area contributed by atoms with Crippen LogP contribution in [0.4, 0.5) is 5.69 Å². The summed E-state index contributed by atoms with van der Waals surface area (Å²) in [6.45, 7) is 8.47. The molecule has 1 saturated carbocycles. The van der Waals surface area contributed by atoms with E-state index in [1.807, 2.05) is 24.3 Å². The van der Waals surface area contributed by atoms with Crippen molar-refractivity contribution in [2.24, 2.45) is 10.8 Å². The van der Waals surface area contributed by atoms with Gasteiger partial charge in [0.15, 0.2) is 5.75 Å². The molecule has 8 heteroatoms. The van der Waals surface area contributed by atoms with Gasteiger partial charge in [-0.05, 0) is 63.7 Å². The van der Waals surface area contributed by atoms with Gasteiger partial charge >= 0.3 is 0 Å². The molecule has 0 unspecified atom stereocenters. The van der Waals surface area contributed by atoms with Gasteiger partial charge in [-0.3, -0.25) is 0 Å². The molecule has 1 fully saturated rings. The average molecular weight is 508 g/mol. The zero-order valence-electron chi connectivity index (χ0n) is 18.0. The Balaban J connectivity index is 1.89. The second-order valence-electron chi connectivity index (χ2n) is 9.69. The lowest BCUT2D eigenvalue weighted by molar-refractivity contribution is -0.307. The Bertz CT molecular complexity index is 982. The number of ether oxygens (including phenoxy) is 1. The molecule has 1 aromatic heterocycles. The third-order valence-corrected chi connectivity index (χ3v) is 7.60. The highest BCUT2D eigenvalue weighted by atomic mass is 79.9. The van der Waals surface area contributed by atoms with Crippen molar-refractivity contribution >= 4 is 44.9 Å². The highest BCUT2D eigenvalue weighted by Gasteiger charge is 2.38. The molecule has 0 amide bonds. The number of rotatable bonds is 7. The Morgan fingerprint density at radius 1 is 1.19 bits per heavy atom. The van der Waals surface area contributed by atoms with E-state index in [2.05, 4.69) is 48.9 Å². The molecule has 1 aromatic carbocycles. The first-order valence-corrected chi connectivity index (χ1v) is 11.7. The Morgan fingerprint density at radius 3 is 2.42 bits per heavy atom. The largest absolute Gasteiger partial charge is 0.546 e. The zero-order chi connectivity index (χ0) is 23.0. The Kier molecular flexibility index (Phi) is 6.72. The molecule has 3 rings (SSSR count). The fraction of sp³-hybridized carbons (Fsp3) is 0.478. The van der Waals surface area contributed by atoms with Gasteiger partial charge in [-0.1, -0.05) is 39.8 Å². The maximum Gasteiger partial charge on any atom is 0.154 e. The van der Waals surface area contributed by atoms with Crippen LogP contribution in [0.1, 0.15) is 56.6 Å². The van der Waals surface area contributed by atoms with Crippen LogP contribution in [0.2, 0.25) is 0 Å². The van der Waals surface area contributed by atoms with Gasteiger partial charge in [0.05, 0.1) is 26.2 Å². The number of carboxylic acids is 2. The van der Waals surface area contributed by atoms with E-state index in [-0.39, 0.29) is 21.5 Å². The molecule has 31 heavy (non-hydrogen) atoms. The lowest BCUT2D eigenvalue weighted by Gasteiger charge is -2.45. The van der Waals surface area contributed by atoms with Crippen molar-refractivity contribution in [1.82, 2.24) is 0 Å². The minimum Gasteiger partial charge on any atom is -0.546 e. The van der Waals surface area contributed by atoms with Gasteiger partial charge in [-0.2, -0.15) is 0 Å². The summed E-state index contributed by atoms with van der Waals surface area (Å²) in [5.74, 6) is -2.92. The second kappa shape index (κ2) is 8.82. The lowest BCUT2D eigenvalue weighted by Crippen LogP contribution is -2.40. The predicted molar refractivity (Wildman–Crippen MR) is 121 cm³/mol. The van der Waals surface area contributed by atoms with Crippen molar-refractivity contribution in [2.45, 2.75) is 53.0 Å². The van der Waals surface area contributed by atoms with Crippen LogP contribution >= 0.6 is 27.3 Å². The summed E-state index contributed by atoms with van der Waals surface area (Å²) >= 11 is 4.35. The molecule has 0 bridgehead atoms. The van der Waals surface area contributed by atoms with E-state index >= 15 is 0 Å². The van der Waals surface area contributed by atoms with E-state index < -0.39 is 18.5 Å². The van der Waals surface area contributed by atoms with Gasteiger partial charge in [0, 0.05) is 11.7 Å². The maximum atomic E-state index is 11.5. The van der Waals surface area contributed by atoms with Gasteiger partial charge in [0.2, 0.25) is 0 Å². The Hall–Kier alpha value is -2.06. The number of carboxylic acid groups (broad SMARTS) is 2. The SMILES string of the molecule is CC1(C)CC(Nc2cccc(-c3sc(C(=O)[O-])c(OCC(=O)[O-])c3Br)c2)CC(C)(C)C1. The van der Waals surface area contributed by atoms with Crippen LogP contribution in [0, 0.1) is 10.8 Å². The van der Waals surface area contributed by atoms with E-state index in [1.54, 1.807) is 0 Å². The van der Waals surface area contributed by atoms with Gasteiger partial charge in [0.25, 0.3) is 0 Å². The predicted octanol–water partition coefficient (Wildman–Crippen LogP) is 3.69. The zero-order valence-corrected chi connectivity index (χ0v) is 20.4. The maximum absolute atomic E-state index is 11.5. The third-order valence-electron chi connectivity index (χ3n) is 5.38. The summed E-state index contributed by atoms with van der Waals surface area (Å²) in [6, 6.07) is 8.07. The van der Waals surface area contributed by atoms with E-state index in [1.165, 1.54) is 6.42 Å². The number of aliphatic carboxylic acids is 1. The molecule has 0 aliphatic heterocycles. The van der Waals surface area contributed by atoms with Gasteiger partial charge in [-0.15, -0.1) is 11.3 Å². The number of hydrogen-bond acceptors (Lipinski definition) is 7. The van der Waals surface area contributed by atoms with Crippen LogP contribution in [0.5, 0.6) is 5.75 Å². The molecule has 1 aliphatic carbocycles. The summed E-state index contributed by atoms with van der Waals surface area (Å²) in [4.78, 5) is 22.7. The Morgan fingerprint density at radius 2 is 1.84 bits per heavy atom. The fourth-order valence-electron chi connectivity index (χ4n) is 4.91. The summed E-state index contributed by atoms with van der Waals surface area (Å²) in [5.41, 5.74) is 2.25. The summed E-state index contributed by atoms with van der Waals surface area (Å²) in [6.07, 6.45) is 3.32. The molecular weight excluding hydrogens is 482 g/mol. The van der Waals surface area contributed by atoms with Crippen LogP contribution in [-0.4, -0.2) is 24.6 Å². The van der Waals surface area contributed by atoms with E-state index in [0.29, 0.717) is 15.4 Å². The first kappa shape index (κ1) is 23.6. The van der Waals surface area contributed by atoms with Gasteiger partial charge in [0.1, 0.15) is 6.61 Å². The summed E-state index contributed by atoms with van der Waals surface area (Å²) in [7, 11) is 0. The number of carbonyl (C=O) groups excluding carboxylic acids is 2. The number of benzene rings is 1. The van der Waals surface area contributed by atoms with Crippen LogP contribution in [0.15, 0.2) is 28.7 Å². The van der Waals surface area contributed by atoms with Crippen LogP contribution in [0.25, 0.3) is 10.4 Å². The van der Waals surface area contributed by atoms with Crippen LogP contribution in [0.3, 0.4) is 0 Å². The molecule has 6 nitrogen and oxygen atoms in total. The second-order valence-corrected chi connectivity index (χ2v) is 11.5. The number of carbonyl (C=O) groups is 2. The number of anilines is 1. The summed E-state index contributed by atoms with van der Waals surface area (Å²) in [5, 5.41) is 25.9. The minimum atomic E-state index is -1.44. The molecule has 0 atom stereocenters. The van der Waals surface area contributed by atoms with E-state index in [9.17, 15) is 19.8 Å². The fourth-order valence-corrected chi connectivity index (χ4v) is 6.79. The van der Waals surface area contributed by atoms with Gasteiger partial charge < -0.3 is 29.9 Å². The van der Waals surface area contributed by atoms with Crippen molar-refractivity contribution in [3.8, 4) is 16.2 Å². The molecule has 0 saturated heterocycles. The molecule has 1 heterocycles. The smallest absolute Gasteiger partial charge is 0.154 e. The monoisotopic (exact) mass is 507 g/mol. The normalized spacial score (nSPS) is 17.8. The van der Waals surface area contributed by atoms with Crippen LogP contribution in [-0.2, 0) is 4.79 Å². The standard InChI is InChI=1S/C23H28BrNO5S/c1-22(2)9-15(10-23(3,4)12-22)25-14-7-5-6-13(8-14)19-17(24)18(30-11-16(26)27)20(31-19)21(28)29/h5-8,15,25H,9-12H2,1-4H3,(H,26,27)(H,28,29)/p-2. The quantitative estimate of drug-likeness (QED) is 0.612. The molecular formula is C23H26BrNO5S-2. The number of aromatic carboxylic acids is 1. The van der Waals surface area contributed by atoms with Crippen LogP contribution < -0.4 is 20.3 Å². The number of thiophene rings is 1. The minimum absolute atomic E-state index is 0.0571. The van der Waals surface area contributed by atoms with Crippen molar-refractivity contribution in [1.29, 1.82) is 0 Å². The van der Waals surface area contributed by atoms with Crippen molar-refractivity contribution < 1.29 is 24.5 Å². The highest BCUT2D eigenvalue weighted by Crippen LogP contribution is 2.48. The number of hydrogen-bond donors (Lipinski definition) is 1.